The average molecular weight is 163 g/mol. The van der Waals surface area contributed by atoms with Crippen LogP contribution in [0.25, 0.3) is 0 Å². The van der Waals surface area contributed by atoms with Crippen LogP contribution in [0.5, 0.6) is 5.75 Å². The Morgan fingerprint density at radius 3 is 2.92 bits per heavy atom. The van der Waals surface area contributed by atoms with Crippen LogP contribution in [0.1, 0.15) is 5.69 Å². The van der Waals surface area contributed by atoms with Crippen LogP contribution in [0.2, 0.25) is 0 Å². The number of nitrogens with zero attached hydrogens (tertiary/aromatic N) is 2. The largest absolute Gasteiger partial charge is 0.497 e. The number of hydrogen-bond donors (Lipinski definition) is 1. The van der Waals surface area contributed by atoms with E-state index < -0.39 is 0 Å². The van der Waals surface area contributed by atoms with E-state index in [4.69, 9.17) is 10.00 Å². The second-order valence-electron chi connectivity index (χ2n) is 2.27. The molecule has 0 bridgehead atoms. The Balaban J connectivity index is 2.99. The third kappa shape index (κ3) is 1.86. The van der Waals surface area contributed by atoms with Gasteiger partial charge in [-0.1, -0.05) is 0 Å². The summed E-state index contributed by atoms with van der Waals surface area (Å²) >= 11 is 0. The van der Waals surface area contributed by atoms with Crippen LogP contribution in [0, 0.1) is 18.4 Å². The molecule has 1 aromatic heterocycles. The van der Waals surface area contributed by atoms with Gasteiger partial charge in [0.05, 0.1) is 7.11 Å². The maximum absolute atomic E-state index is 8.33. The number of methoxy groups -OCH3 is 1. The second kappa shape index (κ2) is 3.58. The molecule has 0 atom stereocenters. The summed E-state index contributed by atoms with van der Waals surface area (Å²) in [5, 5.41) is 10.8. The number of pyridine rings is 1. The quantitative estimate of drug-likeness (QED) is 0.527. The minimum atomic E-state index is 0.509. The molecule has 1 aromatic rings. The van der Waals surface area contributed by atoms with Gasteiger partial charge in [0.15, 0.2) is 6.19 Å². The van der Waals surface area contributed by atoms with Crippen LogP contribution in [-0.2, 0) is 0 Å². The van der Waals surface area contributed by atoms with Gasteiger partial charge in [-0.2, -0.15) is 5.26 Å². The molecular weight excluding hydrogens is 154 g/mol. The molecule has 1 rings (SSSR count). The van der Waals surface area contributed by atoms with Crippen molar-refractivity contribution in [2.24, 2.45) is 0 Å². The van der Waals surface area contributed by atoms with Gasteiger partial charge in [-0.25, -0.2) is 4.98 Å². The summed E-state index contributed by atoms with van der Waals surface area (Å²) < 4.78 is 4.99. The van der Waals surface area contributed by atoms with Crippen molar-refractivity contribution in [1.29, 1.82) is 5.26 Å². The molecule has 0 aromatic carbocycles. The molecular formula is C8H9N3O. The van der Waals surface area contributed by atoms with E-state index >= 15 is 0 Å². The highest BCUT2D eigenvalue weighted by Gasteiger charge is 1.98. The van der Waals surface area contributed by atoms with E-state index in [1.807, 2.05) is 6.92 Å². The molecule has 0 saturated heterocycles. The maximum Gasteiger partial charge on any atom is 0.182 e. The molecule has 0 unspecified atom stereocenters. The van der Waals surface area contributed by atoms with Gasteiger partial charge in [-0.15, -0.1) is 0 Å². The lowest BCUT2D eigenvalue weighted by molar-refractivity contribution is 0.414. The third-order valence-corrected chi connectivity index (χ3v) is 1.35. The monoisotopic (exact) mass is 163 g/mol. The summed E-state index contributed by atoms with van der Waals surface area (Å²) in [6.45, 7) is 1.84. The highest BCUT2D eigenvalue weighted by atomic mass is 16.5. The number of hydrogen-bond acceptors (Lipinski definition) is 4. The van der Waals surface area contributed by atoms with Gasteiger partial charge in [-0.3, -0.25) is 5.32 Å². The Kier molecular flexibility index (Phi) is 2.49. The number of nitriles is 1. The lowest BCUT2D eigenvalue weighted by atomic mass is 10.3. The first kappa shape index (κ1) is 8.34. The van der Waals surface area contributed by atoms with Crippen LogP contribution in [0.3, 0.4) is 0 Å². The van der Waals surface area contributed by atoms with Gasteiger partial charge in [0.25, 0.3) is 0 Å². The van der Waals surface area contributed by atoms with Crippen LogP contribution in [-0.4, -0.2) is 12.1 Å². The highest BCUT2D eigenvalue weighted by molar-refractivity contribution is 5.45. The zero-order chi connectivity index (χ0) is 8.97. The van der Waals surface area contributed by atoms with Crippen molar-refractivity contribution >= 4 is 5.82 Å². The summed E-state index contributed by atoms with van der Waals surface area (Å²) in [6, 6.07) is 3.46. The fraction of sp³-hybridized carbons (Fsp3) is 0.250. The fourth-order valence-electron chi connectivity index (χ4n) is 0.876. The van der Waals surface area contributed by atoms with Gasteiger partial charge in [0, 0.05) is 17.8 Å². The van der Waals surface area contributed by atoms with E-state index in [-0.39, 0.29) is 0 Å². The van der Waals surface area contributed by atoms with Crippen molar-refractivity contribution in [2.75, 3.05) is 12.4 Å². The van der Waals surface area contributed by atoms with E-state index in [1.54, 1.807) is 25.4 Å². The van der Waals surface area contributed by atoms with Crippen molar-refractivity contribution in [1.82, 2.24) is 4.98 Å². The Bertz CT molecular complexity index is 317. The van der Waals surface area contributed by atoms with E-state index in [0.29, 0.717) is 11.6 Å². The predicted molar refractivity (Wildman–Crippen MR) is 44.8 cm³/mol. The minimum absolute atomic E-state index is 0.509. The lowest BCUT2D eigenvalue weighted by Gasteiger charge is -2.02. The Morgan fingerprint density at radius 2 is 2.33 bits per heavy atom. The molecule has 62 valence electrons. The molecule has 0 radical (unpaired) electrons. The van der Waals surface area contributed by atoms with Crippen LogP contribution >= 0.6 is 0 Å². The highest BCUT2D eigenvalue weighted by Crippen LogP contribution is 2.15. The molecule has 1 N–H and O–H groups in total. The summed E-state index contributed by atoms with van der Waals surface area (Å²) in [7, 11) is 1.57. The Hall–Kier alpha value is -1.76. The normalized spacial score (nSPS) is 8.75. The number of rotatable bonds is 2. The molecule has 0 aliphatic rings. The molecule has 0 saturated carbocycles. The first-order valence-corrected chi connectivity index (χ1v) is 3.44. The number of aryl methyl sites for hydroxylation is 1. The molecule has 4 heteroatoms. The zero-order valence-corrected chi connectivity index (χ0v) is 6.96. The number of nitrogens with one attached hydrogen (secondary N) is 1. The van der Waals surface area contributed by atoms with Gasteiger partial charge < -0.3 is 4.74 Å². The van der Waals surface area contributed by atoms with Gasteiger partial charge in [0.2, 0.25) is 0 Å². The zero-order valence-electron chi connectivity index (χ0n) is 6.96. The SMILES string of the molecule is COc1cc(C)nc(NC#N)c1. The fourth-order valence-corrected chi connectivity index (χ4v) is 0.876. The number of ether oxygens (including phenoxy) is 1. The van der Waals surface area contributed by atoms with E-state index in [0.717, 1.165) is 5.69 Å². The minimum Gasteiger partial charge on any atom is -0.497 e. The molecule has 0 fully saturated rings. The van der Waals surface area contributed by atoms with E-state index in [9.17, 15) is 0 Å². The first-order chi connectivity index (χ1) is 5.76. The van der Waals surface area contributed by atoms with Crippen LogP contribution in [0.4, 0.5) is 5.82 Å². The maximum atomic E-state index is 8.33. The molecule has 12 heavy (non-hydrogen) atoms. The number of aromatic nitrogens is 1. The van der Waals surface area contributed by atoms with Gasteiger partial charge in [0.1, 0.15) is 11.6 Å². The van der Waals surface area contributed by atoms with Crippen molar-refractivity contribution in [3.05, 3.63) is 17.8 Å². The van der Waals surface area contributed by atoms with E-state index in [1.165, 1.54) is 0 Å². The second-order valence-corrected chi connectivity index (χ2v) is 2.27. The molecule has 0 aliphatic heterocycles. The molecule has 4 nitrogen and oxygen atoms in total. The lowest BCUT2D eigenvalue weighted by Crippen LogP contribution is -1.94. The summed E-state index contributed by atoms with van der Waals surface area (Å²) in [4.78, 5) is 4.06. The van der Waals surface area contributed by atoms with Crippen LogP contribution in [0.15, 0.2) is 12.1 Å². The standard InChI is InChI=1S/C8H9N3O/c1-6-3-7(12-2)4-8(11-6)10-5-9/h3-4H,1-2H3,(H,10,11). The van der Waals surface area contributed by atoms with Crippen molar-refractivity contribution in [3.63, 3.8) is 0 Å². The summed E-state index contributed by atoms with van der Waals surface area (Å²) in [5.74, 6) is 1.20. The number of anilines is 1. The molecule has 0 aliphatic carbocycles. The molecule has 0 spiro atoms. The van der Waals surface area contributed by atoms with E-state index in [2.05, 4.69) is 10.3 Å². The Labute approximate surface area is 70.8 Å². The topological polar surface area (TPSA) is 57.9 Å². The van der Waals surface area contributed by atoms with Crippen molar-refractivity contribution < 1.29 is 4.74 Å². The van der Waals surface area contributed by atoms with Gasteiger partial charge in [-0.05, 0) is 6.92 Å². The molecule has 1 heterocycles. The Morgan fingerprint density at radius 1 is 1.58 bits per heavy atom. The average Bonchev–Trinajstić information content (AvgIpc) is 2.04. The summed E-state index contributed by atoms with van der Waals surface area (Å²) in [6.07, 6.45) is 1.79. The molecule has 0 amide bonds. The third-order valence-electron chi connectivity index (χ3n) is 1.35. The summed E-state index contributed by atoms with van der Waals surface area (Å²) in [5.41, 5.74) is 0.812. The smallest absolute Gasteiger partial charge is 0.182 e. The van der Waals surface area contributed by atoms with Crippen molar-refractivity contribution in [2.45, 2.75) is 6.92 Å². The van der Waals surface area contributed by atoms with Crippen molar-refractivity contribution in [3.8, 4) is 11.9 Å². The predicted octanol–water partition coefficient (Wildman–Crippen LogP) is 1.29. The first-order valence-electron chi connectivity index (χ1n) is 3.44. The van der Waals surface area contributed by atoms with Crippen LogP contribution < -0.4 is 10.1 Å². The van der Waals surface area contributed by atoms with Gasteiger partial charge >= 0.3 is 0 Å².